The molecular weight excluding hydrogens is 380 g/mol. The van der Waals surface area contributed by atoms with Crippen LogP contribution >= 0.6 is 15.9 Å². The maximum absolute atomic E-state index is 13.0. The number of fused-ring (bicyclic) bond motifs is 1. The van der Waals surface area contributed by atoms with E-state index in [4.69, 9.17) is 0 Å². The quantitative estimate of drug-likeness (QED) is 0.720. The summed E-state index contributed by atoms with van der Waals surface area (Å²) < 4.78 is 2.66. The van der Waals surface area contributed by atoms with Crippen molar-refractivity contribution in [3.05, 3.63) is 70.5 Å². The van der Waals surface area contributed by atoms with Crippen molar-refractivity contribution in [2.45, 2.75) is 12.5 Å². The molecule has 6 heteroatoms. The maximum Gasteiger partial charge on any atom is 0.255 e. The monoisotopic (exact) mass is 398 g/mol. The van der Waals surface area contributed by atoms with Crippen LogP contribution in [0.4, 0.5) is 0 Å². The summed E-state index contributed by atoms with van der Waals surface area (Å²) in [5, 5.41) is 7.82. The number of nitrogens with zero attached hydrogens (tertiary/aromatic N) is 3. The zero-order valence-corrected chi connectivity index (χ0v) is 15.3. The van der Waals surface area contributed by atoms with Crippen LogP contribution in [0, 0.1) is 0 Å². The van der Waals surface area contributed by atoms with Crippen LogP contribution in [0.2, 0.25) is 0 Å². The Morgan fingerprint density at radius 2 is 2.04 bits per heavy atom. The first-order valence-electron chi connectivity index (χ1n) is 8.43. The number of nitrogens with one attached hydrogen (secondary N) is 1. The van der Waals surface area contributed by atoms with Gasteiger partial charge in [-0.1, -0.05) is 30.3 Å². The van der Waals surface area contributed by atoms with Gasteiger partial charge in [-0.05, 0) is 46.6 Å². The van der Waals surface area contributed by atoms with Crippen LogP contribution in [0.1, 0.15) is 28.4 Å². The number of rotatable bonds is 2. The van der Waals surface area contributed by atoms with E-state index in [1.165, 1.54) is 5.56 Å². The first-order valence-corrected chi connectivity index (χ1v) is 9.22. The molecule has 25 heavy (non-hydrogen) atoms. The molecule has 0 spiro atoms. The van der Waals surface area contributed by atoms with Crippen LogP contribution < -0.4 is 5.32 Å². The second-order valence-electron chi connectivity index (χ2n) is 6.26. The minimum Gasteiger partial charge on any atom is -0.337 e. The van der Waals surface area contributed by atoms with Gasteiger partial charge < -0.3 is 10.2 Å². The number of halogens is 1. The predicted octanol–water partition coefficient (Wildman–Crippen LogP) is 3.27. The molecule has 4 rings (SSSR count). The van der Waals surface area contributed by atoms with Crippen molar-refractivity contribution in [2.24, 2.45) is 0 Å². The average molecular weight is 399 g/mol. The topological polar surface area (TPSA) is 49.6 Å². The second-order valence-corrected chi connectivity index (χ2v) is 7.12. The summed E-state index contributed by atoms with van der Waals surface area (Å²) in [6.45, 7) is 2.34. The van der Waals surface area contributed by atoms with E-state index >= 15 is 0 Å². The van der Waals surface area contributed by atoms with Crippen LogP contribution in [0.25, 0.3) is 5.52 Å². The van der Waals surface area contributed by atoms with Crippen LogP contribution in [0.5, 0.6) is 0 Å². The summed E-state index contributed by atoms with van der Waals surface area (Å²) >= 11 is 3.46. The van der Waals surface area contributed by atoms with Crippen LogP contribution in [-0.4, -0.2) is 40.1 Å². The highest BCUT2D eigenvalue weighted by Crippen LogP contribution is 2.21. The highest BCUT2D eigenvalue weighted by Gasteiger charge is 2.24. The Labute approximate surface area is 154 Å². The first kappa shape index (κ1) is 16.3. The maximum atomic E-state index is 13.0. The second kappa shape index (κ2) is 6.98. The Balaban J connectivity index is 1.58. The molecular formula is C19H19BrN4O. The van der Waals surface area contributed by atoms with Gasteiger partial charge in [0, 0.05) is 25.3 Å². The van der Waals surface area contributed by atoms with Gasteiger partial charge in [0.05, 0.1) is 21.7 Å². The molecule has 1 amide bonds. The molecule has 1 aliphatic rings. The summed E-state index contributed by atoms with van der Waals surface area (Å²) in [7, 11) is 0. The number of amides is 1. The molecule has 1 fully saturated rings. The lowest BCUT2D eigenvalue weighted by molar-refractivity contribution is 0.0752. The molecule has 1 saturated heterocycles. The average Bonchev–Trinajstić information content (AvgIpc) is 2.87. The molecule has 0 bridgehead atoms. The third-order valence-electron chi connectivity index (χ3n) is 4.60. The van der Waals surface area contributed by atoms with E-state index in [1.807, 2.05) is 35.2 Å². The third-order valence-corrected chi connectivity index (χ3v) is 5.21. The Kier molecular flexibility index (Phi) is 4.55. The van der Waals surface area contributed by atoms with E-state index in [2.05, 4.69) is 38.5 Å². The zero-order valence-electron chi connectivity index (χ0n) is 13.7. The molecule has 3 aromatic rings. The van der Waals surface area contributed by atoms with Crippen LogP contribution in [0.15, 0.2) is 59.3 Å². The third kappa shape index (κ3) is 3.32. The number of pyridine rings is 1. The van der Waals surface area contributed by atoms with Gasteiger partial charge in [-0.3, -0.25) is 4.79 Å². The fraction of sp³-hybridized carbons (Fsp3) is 0.263. The highest BCUT2D eigenvalue weighted by atomic mass is 79.9. The van der Waals surface area contributed by atoms with Crippen LogP contribution in [0.3, 0.4) is 0 Å². The molecule has 3 heterocycles. The standard InChI is InChI=1S/C19H19BrN4O/c20-16-11-22-24-12-15(7-8-18(16)24)19(25)23-10-4-9-21-17(13-23)14-5-2-1-3-6-14/h1-3,5-8,11-12,17,21H,4,9-10,13H2. The molecule has 1 aromatic carbocycles. The SMILES string of the molecule is O=C(c1ccc2c(Br)cnn2c1)N1CCCNC(c2ccccc2)C1. The fourth-order valence-electron chi connectivity index (χ4n) is 3.28. The lowest BCUT2D eigenvalue weighted by Crippen LogP contribution is -2.36. The molecule has 1 atom stereocenters. The van der Waals surface area contributed by atoms with Crippen molar-refractivity contribution < 1.29 is 4.79 Å². The predicted molar refractivity (Wildman–Crippen MR) is 101 cm³/mol. The molecule has 0 radical (unpaired) electrons. The van der Waals surface area contributed by atoms with E-state index in [9.17, 15) is 4.79 Å². The van der Waals surface area contributed by atoms with Crippen molar-refractivity contribution in [1.29, 1.82) is 0 Å². The van der Waals surface area contributed by atoms with Gasteiger partial charge in [-0.2, -0.15) is 5.10 Å². The van der Waals surface area contributed by atoms with Gasteiger partial charge in [-0.25, -0.2) is 4.52 Å². The lowest BCUT2D eigenvalue weighted by Gasteiger charge is -2.25. The Bertz CT molecular complexity index is 893. The van der Waals surface area contributed by atoms with Crippen molar-refractivity contribution in [3.8, 4) is 0 Å². The number of carbonyl (C=O) groups is 1. The van der Waals surface area contributed by atoms with Gasteiger partial charge >= 0.3 is 0 Å². The van der Waals surface area contributed by atoms with Crippen molar-refractivity contribution >= 4 is 27.4 Å². The van der Waals surface area contributed by atoms with E-state index < -0.39 is 0 Å². The van der Waals surface area contributed by atoms with E-state index in [1.54, 1.807) is 16.9 Å². The van der Waals surface area contributed by atoms with Gasteiger partial charge in [0.25, 0.3) is 5.91 Å². The summed E-state index contributed by atoms with van der Waals surface area (Å²) in [5.74, 6) is 0.0538. The molecule has 2 aromatic heterocycles. The summed E-state index contributed by atoms with van der Waals surface area (Å²) in [6, 6.07) is 14.3. The number of aromatic nitrogens is 2. The summed E-state index contributed by atoms with van der Waals surface area (Å²) in [5.41, 5.74) is 2.83. The summed E-state index contributed by atoms with van der Waals surface area (Å²) in [4.78, 5) is 15.0. The van der Waals surface area contributed by atoms with Crippen molar-refractivity contribution in [3.63, 3.8) is 0 Å². The minimum absolute atomic E-state index is 0.0538. The first-order chi connectivity index (χ1) is 12.2. The largest absolute Gasteiger partial charge is 0.337 e. The van der Waals surface area contributed by atoms with E-state index in [0.717, 1.165) is 29.5 Å². The van der Waals surface area contributed by atoms with E-state index in [0.29, 0.717) is 12.1 Å². The minimum atomic E-state index is 0.0538. The van der Waals surface area contributed by atoms with Gasteiger partial charge in [0.1, 0.15) is 0 Å². The number of hydrogen-bond acceptors (Lipinski definition) is 3. The number of hydrogen-bond donors (Lipinski definition) is 1. The zero-order chi connectivity index (χ0) is 17.2. The molecule has 128 valence electrons. The normalized spacial score (nSPS) is 18.3. The lowest BCUT2D eigenvalue weighted by atomic mass is 10.1. The highest BCUT2D eigenvalue weighted by molar-refractivity contribution is 9.10. The molecule has 0 aliphatic carbocycles. The Morgan fingerprint density at radius 1 is 1.20 bits per heavy atom. The van der Waals surface area contributed by atoms with E-state index in [-0.39, 0.29) is 11.9 Å². The van der Waals surface area contributed by atoms with Gasteiger partial charge in [0.2, 0.25) is 0 Å². The van der Waals surface area contributed by atoms with Crippen molar-refractivity contribution in [2.75, 3.05) is 19.6 Å². The molecule has 1 unspecified atom stereocenters. The Hall–Kier alpha value is -2.18. The number of carbonyl (C=O) groups excluding carboxylic acids is 1. The molecule has 1 N–H and O–H groups in total. The van der Waals surface area contributed by atoms with Crippen molar-refractivity contribution in [1.82, 2.24) is 19.8 Å². The molecule has 0 saturated carbocycles. The van der Waals surface area contributed by atoms with Gasteiger partial charge in [0.15, 0.2) is 0 Å². The Morgan fingerprint density at radius 3 is 2.88 bits per heavy atom. The molecule has 5 nitrogen and oxygen atoms in total. The fourth-order valence-corrected chi connectivity index (χ4v) is 3.68. The van der Waals surface area contributed by atoms with Crippen LogP contribution in [-0.2, 0) is 0 Å². The number of benzene rings is 1. The molecule has 1 aliphatic heterocycles. The summed E-state index contributed by atoms with van der Waals surface area (Å²) in [6.07, 6.45) is 4.49. The smallest absolute Gasteiger partial charge is 0.255 e. The van der Waals surface area contributed by atoms with Gasteiger partial charge in [-0.15, -0.1) is 0 Å².